The largest absolute Gasteiger partial charge is 0.508 e. The normalized spacial score (nSPS) is 19.3. The fourth-order valence-corrected chi connectivity index (χ4v) is 1.75. The lowest BCUT2D eigenvalue weighted by atomic mass is 9.95. The number of carbonyl (C=O) groups excluding carboxylic acids is 1. The van der Waals surface area contributed by atoms with E-state index < -0.39 is 11.9 Å². The molecule has 1 aromatic rings. The van der Waals surface area contributed by atoms with E-state index in [2.05, 4.69) is 10.4 Å². The fourth-order valence-electron chi connectivity index (χ4n) is 1.75. The van der Waals surface area contributed by atoms with Crippen molar-refractivity contribution in [3.05, 3.63) is 29.3 Å². The van der Waals surface area contributed by atoms with Gasteiger partial charge in [0.1, 0.15) is 5.75 Å². The molecule has 0 fully saturated rings. The van der Waals surface area contributed by atoms with Gasteiger partial charge in [-0.3, -0.25) is 4.79 Å². The number of nitrogens with one attached hydrogen (secondary N) is 2. The molecule has 1 atom stereocenters. The molecule has 0 unspecified atom stereocenters. The van der Waals surface area contributed by atoms with Gasteiger partial charge >= 0.3 is 0 Å². The molecule has 1 heterocycles. The highest BCUT2D eigenvalue weighted by Crippen LogP contribution is 2.21. The van der Waals surface area contributed by atoms with E-state index in [4.69, 9.17) is 5.53 Å². The molecule has 2 rings (SSSR count). The maximum Gasteiger partial charge on any atom is 0.281 e. The van der Waals surface area contributed by atoms with Gasteiger partial charge in [0, 0.05) is 6.54 Å². The summed E-state index contributed by atoms with van der Waals surface area (Å²) in [6.07, 6.45) is 0.525. The first-order valence-electron chi connectivity index (χ1n) is 4.66. The van der Waals surface area contributed by atoms with Gasteiger partial charge in [-0.2, -0.15) is 0 Å². The molecular weight excluding hydrogens is 194 g/mol. The molecule has 0 bridgehead atoms. The van der Waals surface area contributed by atoms with E-state index >= 15 is 0 Å². The number of amides is 1. The predicted octanol–water partition coefficient (Wildman–Crippen LogP) is 0.964. The van der Waals surface area contributed by atoms with Crippen molar-refractivity contribution in [2.45, 2.75) is 19.0 Å². The second kappa shape index (κ2) is 3.78. The third-order valence-electron chi connectivity index (χ3n) is 2.56. The van der Waals surface area contributed by atoms with Gasteiger partial charge in [0.2, 0.25) is 0 Å². The van der Waals surface area contributed by atoms with Crippen LogP contribution in [0.1, 0.15) is 11.1 Å². The van der Waals surface area contributed by atoms with Crippen LogP contribution in [0.5, 0.6) is 5.75 Å². The molecule has 0 spiro atoms. The molecule has 1 amide bonds. The Hall–Kier alpha value is -1.75. The van der Waals surface area contributed by atoms with Crippen LogP contribution in [0.4, 0.5) is 0 Å². The first-order valence-corrected chi connectivity index (χ1v) is 4.66. The summed E-state index contributed by atoms with van der Waals surface area (Å²) in [5, 5.41) is 15.1. The highest BCUT2D eigenvalue weighted by Gasteiger charge is 2.23. The minimum absolute atomic E-state index is 0.227. The van der Waals surface area contributed by atoms with E-state index in [-0.39, 0.29) is 5.75 Å². The standard InChI is InChI=1S/C10H11N3O2/c11-13-10(15)9-4-6-1-2-8(14)3-7(6)5-12-9/h1-3,9,11-12,14H,4-5H2/t9-/m0/s1. The summed E-state index contributed by atoms with van der Waals surface area (Å²) in [6.45, 7) is 0.523. The zero-order chi connectivity index (χ0) is 10.8. The topological polar surface area (TPSA) is 85.5 Å². The van der Waals surface area contributed by atoms with E-state index in [9.17, 15) is 9.90 Å². The Morgan fingerprint density at radius 2 is 2.33 bits per heavy atom. The van der Waals surface area contributed by atoms with E-state index in [1.807, 2.05) is 0 Å². The van der Waals surface area contributed by atoms with Crippen LogP contribution in [-0.2, 0) is 17.8 Å². The maximum atomic E-state index is 11.2. The van der Waals surface area contributed by atoms with Gasteiger partial charge < -0.3 is 10.4 Å². The number of hydrogen-bond donors (Lipinski definition) is 3. The van der Waals surface area contributed by atoms with Crippen molar-refractivity contribution >= 4 is 5.91 Å². The van der Waals surface area contributed by atoms with Crippen LogP contribution >= 0.6 is 0 Å². The van der Waals surface area contributed by atoms with Crippen LogP contribution in [-0.4, -0.2) is 17.1 Å². The lowest BCUT2D eigenvalue weighted by Gasteiger charge is -2.23. The SMILES string of the molecule is N=NC(=O)[C@@H]1Cc2ccc(O)cc2CN1. The molecule has 5 heteroatoms. The number of phenols is 1. The van der Waals surface area contributed by atoms with Gasteiger partial charge in [-0.15, -0.1) is 5.11 Å². The van der Waals surface area contributed by atoms with Gasteiger partial charge in [0.05, 0.1) is 6.04 Å². The Kier molecular flexibility index (Phi) is 2.47. The minimum Gasteiger partial charge on any atom is -0.508 e. The van der Waals surface area contributed by atoms with E-state index in [0.29, 0.717) is 13.0 Å². The number of aromatic hydroxyl groups is 1. The number of phenolic OH excluding ortho intramolecular Hbond substituents is 1. The first kappa shape index (κ1) is 9.79. The molecule has 1 aromatic carbocycles. The third-order valence-corrected chi connectivity index (χ3v) is 2.56. The number of benzene rings is 1. The Morgan fingerprint density at radius 3 is 3.07 bits per heavy atom. The predicted molar refractivity (Wildman–Crippen MR) is 52.6 cm³/mol. The molecule has 5 nitrogen and oxygen atoms in total. The molecule has 3 N–H and O–H groups in total. The van der Waals surface area contributed by atoms with Crippen LogP contribution in [0.15, 0.2) is 23.3 Å². The lowest BCUT2D eigenvalue weighted by molar-refractivity contribution is -0.120. The molecule has 1 aliphatic heterocycles. The zero-order valence-corrected chi connectivity index (χ0v) is 8.03. The van der Waals surface area contributed by atoms with Gasteiger partial charge in [0.15, 0.2) is 0 Å². The monoisotopic (exact) mass is 205 g/mol. The number of hydrogen-bond acceptors (Lipinski definition) is 4. The van der Waals surface area contributed by atoms with Crippen molar-refractivity contribution in [2.24, 2.45) is 5.11 Å². The average molecular weight is 205 g/mol. The van der Waals surface area contributed by atoms with Crippen LogP contribution < -0.4 is 5.32 Å². The van der Waals surface area contributed by atoms with Crippen molar-refractivity contribution in [1.29, 1.82) is 5.53 Å². The minimum atomic E-state index is -0.450. The molecule has 0 aliphatic carbocycles. The fraction of sp³-hybridized carbons (Fsp3) is 0.300. The Labute approximate surface area is 86.6 Å². The highest BCUT2D eigenvalue weighted by molar-refractivity contribution is 5.82. The van der Waals surface area contributed by atoms with E-state index in [0.717, 1.165) is 11.1 Å². The van der Waals surface area contributed by atoms with Gasteiger partial charge in [0.25, 0.3) is 5.91 Å². The van der Waals surface area contributed by atoms with Gasteiger partial charge in [-0.05, 0) is 29.7 Å². The molecule has 1 aliphatic rings. The molecule has 15 heavy (non-hydrogen) atoms. The average Bonchev–Trinajstić information content (AvgIpc) is 2.27. The molecule has 0 saturated heterocycles. The summed E-state index contributed by atoms with van der Waals surface area (Å²) in [7, 11) is 0. The Balaban J connectivity index is 2.23. The van der Waals surface area contributed by atoms with E-state index in [1.165, 1.54) is 0 Å². The zero-order valence-electron chi connectivity index (χ0n) is 8.03. The summed E-state index contributed by atoms with van der Waals surface area (Å²) in [4.78, 5) is 11.2. The van der Waals surface area contributed by atoms with Crippen LogP contribution in [0.25, 0.3) is 0 Å². The summed E-state index contributed by atoms with van der Waals surface area (Å²) in [6, 6.07) is 4.68. The quantitative estimate of drug-likeness (QED) is 0.597. The van der Waals surface area contributed by atoms with Crippen LogP contribution in [0, 0.1) is 5.53 Å². The van der Waals surface area contributed by atoms with Crippen molar-refractivity contribution in [1.82, 2.24) is 5.32 Å². The number of nitrogens with zero attached hydrogens (tertiary/aromatic N) is 1. The summed E-state index contributed by atoms with van der Waals surface area (Å²) < 4.78 is 0. The summed E-state index contributed by atoms with van der Waals surface area (Å²) in [5.74, 6) is -0.223. The van der Waals surface area contributed by atoms with Gasteiger partial charge in [-0.25, -0.2) is 5.53 Å². The third kappa shape index (κ3) is 1.87. The van der Waals surface area contributed by atoms with Gasteiger partial charge in [-0.1, -0.05) is 6.07 Å². The second-order valence-electron chi connectivity index (χ2n) is 3.54. The molecule has 78 valence electrons. The summed E-state index contributed by atoms with van der Waals surface area (Å²) >= 11 is 0. The Morgan fingerprint density at radius 1 is 1.53 bits per heavy atom. The maximum absolute atomic E-state index is 11.2. The van der Waals surface area contributed by atoms with E-state index in [1.54, 1.807) is 18.2 Å². The van der Waals surface area contributed by atoms with Crippen LogP contribution in [0.2, 0.25) is 0 Å². The summed E-state index contributed by atoms with van der Waals surface area (Å²) in [5.41, 5.74) is 8.67. The number of fused-ring (bicyclic) bond motifs is 1. The Bertz CT molecular complexity index is 417. The molecule has 0 aromatic heterocycles. The van der Waals surface area contributed by atoms with Crippen molar-refractivity contribution in [2.75, 3.05) is 0 Å². The smallest absolute Gasteiger partial charge is 0.281 e. The van der Waals surface area contributed by atoms with Crippen molar-refractivity contribution in [3.8, 4) is 5.75 Å². The molecule has 0 radical (unpaired) electrons. The number of rotatable bonds is 1. The second-order valence-corrected chi connectivity index (χ2v) is 3.54. The first-order chi connectivity index (χ1) is 7.20. The molecule has 0 saturated carbocycles. The number of carbonyl (C=O) groups is 1. The highest BCUT2D eigenvalue weighted by atomic mass is 16.3. The lowest BCUT2D eigenvalue weighted by Crippen LogP contribution is -2.40. The van der Waals surface area contributed by atoms with Crippen LogP contribution in [0.3, 0.4) is 0 Å². The van der Waals surface area contributed by atoms with Crippen molar-refractivity contribution in [3.63, 3.8) is 0 Å². The van der Waals surface area contributed by atoms with Crippen molar-refractivity contribution < 1.29 is 9.90 Å². The molecular formula is C10H11N3O2.